The van der Waals surface area contributed by atoms with Gasteiger partial charge in [-0.3, -0.25) is 4.98 Å². The van der Waals surface area contributed by atoms with Crippen LogP contribution in [-0.2, 0) is 6.42 Å². The van der Waals surface area contributed by atoms with Gasteiger partial charge in [0.05, 0.1) is 6.61 Å². The summed E-state index contributed by atoms with van der Waals surface area (Å²) in [6.45, 7) is 7.11. The van der Waals surface area contributed by atoms with Gasteiger partial charge in [-0.2, -0.15) is 0 Å². The molecule has 1 aromatic heterocycles. The van der Waals surface area contributed by atoms with Crippen molar-refractivity contribution in [2.45, 2.75) is 39.5 Å². The SMILES string of the molecule is CCCc1ccc(C(C)c2ccc(-c3ccc(OCC)cc3)cc2)nc1. The van der Waals surface area contributed by atoms with Crippen molar-refractivity contribution >= 4 is 0 Å². The third-order valence-corrected chi connectivity index (χ3v) is 4.74. The van der Waals surface area contributed by atoms with Crippen LogP contribution in [0.25, 0.3) is 11.1 Å². The summed E-state index contributed by atoms with van der Waals surface area (Å²) in [7, 11) is 0. The molecule has 2 aromatic carbocycles. The van der Waals surface area contributed by atoms with E-state index in [9.17, 15) is 0 Å². The summed E-state index contributed by atoms with van der Waals surface area (Å²) in [5, 5.41) is 0. The van der Waals surface area contributed by atoms with Gasteiger partial charge in [0.1, 0.15) is 5.75 Å². The number of hydrogen-bond acceptors (Lipinski definition) is 2. The van der Waals surface area contributed by atoms with Crippen LogP contribution in [0.3, 0.4) is 0 Å². The summed E-state index contributed by atoms with van der Waals surface area (Å²) in [5.74, 6) is 1.21. The monoisotopic (exact) mass is 345 g/mol. The van der Waals surface area contributed by atoms with Gasteiger partial charge >= 0.3 is 0 Å². The van der Waals surface area contributed by atoms with Crippen molar-refractivity contribution in [1.82, 2.24) is 4.98 Å². The first-order chi connectivity index (χ1) is 12.7. The lowest BCUT2D eigenvalue weighted by molar-refractivity contribution is 0.340. The molecule has 0 aliphatic rings. The lowest BCUT2D eigenvalue weighted by atomic mass is 9.94. The molecule has 1 heterocycles. The molecule has 1 atom stereocenters. The third kappa shape index (κ3) is 4.32. The summed E-state index contributed by atoms with van der Waals surface area (Å²) in [5.41, 5.74) is 6.15. The van der Waals surface area contributed by atoms with Gasteiger partial charge in [0, 0.05) is 17.8 Å². The molecule has 3 rings (SSSR count). The molecule has 0 bridgehead atoms. The Bertz CT molecular complexity index is 804. The van der Waals surface area contributed by atoms with E-state index in [1.54, 1.807) is 0 Å². The molecule has 0 saturated heterocycles. The van der Waals surface area contributed by atoms with E-state index < -0.39 is 0 Å². The van der Waals surface area contributed by atoms with Crippen molar-refractivity contribution in [2.75, 3.05) is 6.61 Å². The molecule has 3 aromatic rings. The second-order valence-electron chi connectivity index (χ2n) is 6.64. The maximum absolute atomic E-state index is 5.51. The minimum absolute atomic E-state index is 0.292. The molecular formula is C24H27NO. The number of benzene rings is 2. The second-order valence-corrected chi connectivity index (χ2v) is 6.64. The molecule has 2 heteroatoms. The quantitative estimate of drug-likeness (QED) is 0.505. The number of nitrogens with zero attached hydrogens (tertiary/aromatic N) is 1. The molecule has 1 unspecified atom stereocenters. The number of aromatic nitrogens is 1. The van der Waals surface area contributed by atoms with Crippen molar-refractivity contribution in [3.63, 3.8) is 0 Å². The molecule has 0 spiro atoms. The van der Waals surface area contributed by atoms with Crippen LogP contribution in [0.2, 0.25) is 0 Å². The Morgan fingerprint density at radius 2 is 1.50 bits per heavy atom. The van der Waals surface area contributed by atoms with Crippen LogP contribution in [0.1, 0.15) is 49.9 Å². The van der Waals surface area contributed by atoms with Crippen LogP contribution in [0, 0.1) is 0 Å². The highest BCUT2D eigenvalue weighted by Crippen LogP contribution is 2.27. The Morgan fingerprint density at radius 3 is 2.04 bits per heavy atom. The van der Waals surface area contributed by atoms with Crippen molar-refractivity contribution in [2.24, 2.45) is 0 Å². The first-order valence-corrected chi connectivity index (χ1v) is 9.49. The van der Waals surface area contributed by atoms with E-state index in [1.807, 2.05) is 25.3 Å². The number of aryl methyl sites for hydroxylation is 1. The van der Waals surface area contributed by atoms with Crippen molar-refractivity contribution in [1.29, 1.82) is 0 Å². The zero-order chi connectivity index (χ0) is 18.4. The zero-order valence-corrected chi connectivity index (χ0v) is 15.9. The number of hydrogen-bond donors (Lipinski definition) is 0. The molecule has 0 N–H and O–H groups in total. The molecule has 0 radical (unpaired) electrons. The molecule has 134 valence electrons. The Labute approximate surface area is 156 Å². The molecular weight excluding hydrogens is 318 g/mol. The third-order valence-electron chi connectivity index (χ3n) is 4.74. The number of ether oxygens (including phenoxy) is 1. The Hall–Kier alpha value is -2.61. The molecule has 0 aliphatic heterocycles. The van der Waals surface area contributed by atoms with Gasteiger partial charge in [-0.25, -0.2) is 0 Å². The normalized spacial score (nSPS) is 12.0. The van der Waals surface area contributed by atoms with Gasteiger partial charge in [-0.1, -0.05) is 62.7 Å². The topological polar surface area (TPSA) is 22.1 Å². The maximum atomic E-state index is 5.51. The van der Waals surface area contributed by atoms with E-state index in [4.69, 9.17) is 4.74 Å². The molecule has 0 aliphatic carbocycles. The summed E-state index contributed by atoms with van der Waals surface area (Å²) in [6, 6.07) is 21.4. The molecule has 2 nitrogen and oxygen atoms in total. The highest BCUT2D eigenvalue weighted by atomic mass is 16.5. The lowest BCUT2D eigenvalue weighted by Crippen LogP contribution is -2.00. The molecule has 0 saturated carbocycles. The van der Waals surface area contributed by atoms with Gasteiger partial charge in [-0.15, -0.1) is 0 Å². The summed E-state index contributed by atoms with van der Waals surface area (Å²) < 4.78 is 5.51. The predicted octanol–water partition coefficient (Wildman–Crippen LogP) is 6.25. The fourth-order valence-corrected chi connectivity index (χ4v) is 3.17. The largest absolute Gasteiger partial charge is 0.494 e. The minimum Gasteiger partial charge on any atom is -0.494 e. The average molecular weight is 345 g/mol. The standard InChI is InChI=1S/C24H27NO/c1-4-6-19-7-16-24(25-17-19)18(3)20-8-10-21(11-9-20)22-12-14-23(15-13-22)26-5-2/h7-18H,4-6H2,1-3H3. The second kappa shape index (κ2) is 8.66. The van der Waals surface area contributed by atoms with Crippen LogP contribution in [0.15, 0.2) is 66.9 Å². The summed E-state index contributed by atoms with van der Waals surface area (Å²) >= 11 is 0. The van der Waals surface area contributed by atoms with E-state index in [2.05, 4.69) is 67.4 Å². The van der Waals surface area contributed by atoms with Crippen LogP contribution in [0.4, 0.5) is 0 Å². The van der Waals surface area contributed by atoms with Gasteiger partial charge in [-0.05, 0) is 53.8 Å². The average Bonchev–Trinajstić information content (AvgIpc) is 2.69. The first-order valence-electron chi connectivity index (χ1n) is 9.49. The van der Waals surface area contributed by atoms with Crippen LogP contribution < -0.4 is 4.74 Å². The fourth-order valence-electron chi connectivity index (χ4n) is 3.17. The molecule has 0 amide bonds. The van der Waals surface area contributed by atoms with Gasteiger partial charge in [0.15, 0.2) is 0 Å². The lowest BCUT2D eigenvalue weighted by Gasteiger charge is -2.13. The van der Waals surface area contributed by atoms with Crippen molar-refractivity contribution in [3.8, 4) is 16.9 Å². The molecule has 0 fully saturated rings. The maximum Gasteiger partial charge on any atom is 0.119 e. The van der Waals surface area contributed by atoms with Crippen LogP contribution >= 0.6 is 0 Å². The Balaban J connectivity index is 1.73. The van der Waals surface area contributed by atoms with E-state index in [1.165, 1.54) is 22.3 Å². The Morgan fingerprint density at radius 1 is 0.846 bits per heavy atom. The fraction of sp³-hybridized carbons (Fsp3) is 0.292. The number of rotatable bonds is 7. The zero-order valence-electron chi connectivity index (χ0n) is 15.9. The molecule has 26 heavy (non-hydrogen) atoms. The van der Waals surface area contributed by atoms with Crippen LogP contribution in [0.5, 0.6) is 5.75 Å². The van der Waals surface area contributed by atoms with E-state index >= 15 is 0 Å². The van der Waals surface area contributed by atoms with E-state index in [-0.39, 0.29) is 0 Å². The summed E-state index contributed by atoms with van der Waals surface area (Å²) in [6.07, 6.45) is 4.27. The Kier molecular flexibility index (Phi) is 6.06. The van der Waals surface area contributed by atoms with Gasteiger partial charge in [0.25, 0.3) is 0 Å². The highest BCUT2D eigenvalue weighted by Gasteiger charge is 2.10. The van der Waals surface area contributed by atoms with E-state index in [0.29, 0.717) is 12.5 Å². The van der Waals surface area contributed by atoms with Crippen molar-refractivity contribution < 1.29 is 4.74 Å². The van der Waals surface area contributed by atoms with E-state index in [0.717, 1.165) is 24.3 Å². The predicted molar refractivity (Wildman–Crippen MR) is 109 cm³/mol. The van der Waals surface area contributed by atoms with Crippen molar-refractivity contribution in [3.05, 3.63) is 83.7 Å². The summed E-state index contributed by atoms with van der Waals surface area (Å²) in [4.78, 5) is 4.67. The minimum atomic E-state index is 0.292. The number of pyridine rings is 1. The van der Waals surface area contributed by atoms with Crippen LogP contribution in [-0.4, -0.2) is 11.6 Å². The van der Waals surface area contributed by atoms with Gasteiger partial charge < -0.3 is 4.74 Å². The van der Waals surface area contributed by atoms with Gasteiger partial charge in [0.2, 0.25) is 0 Å². The smallest absolute Gasteiger partial charge is 0.119 e. The highest BCUT2D eigenvalue weighted by molar-refractivity contribution is 5.64. The first kappa shape index (κ1) is 18.2.